The molecule has 1 aromatic heterocycles. The van der Waals surface area contributed by atoms with Crippen molar-refractivity contribution >= 4 is 44.2 Å². The summed E-state index contributed by atoms with van der Waals surface area (Å²) in [5.41, 5.74) is 5.54. The maximum atomic E-state index is 12.3. The fourth-order valence-electron chi connectivity index (χ4n) is 2.14. The highest BCUT2D eigenvalue weighted by Gasteiger charge is 2.20. The predicted octanol–water partition coefficient (Wildman–Crippen LogP) is 1.87. The number of carbonyl (C=O) groups is 2. The molecule has 0 spiro atoms. The zero-order valence-corrected chi connectivity index (χ0v) is 13.3. The van der Waals surface area contributed by atoms with Gasteiger partial charge in [0, 0.05) is 12.6 Å². The lowest BCUT2D eigenvalue weighted by atomic mass is 10.1. The van der Waals surface area contributed by atoms with Crippen LogP contribution in [0.1, 0.15) is 29.6 Å². The predicted molar refractivity (Wildman–Crippen MR) is 83.2 cm³/mol. The highest BCUT2D eigenvalue weighted by Crippen LogP contribution is 2.32. The van der Waals surface area contributed by atoms with Crippen LogP contribution in [0.5, 0.6) is 0 Å². The summed E-state index contributed by atoms with van der Waals surface area (Å²) in [6, 6.07) is 1.13. The number of urea groups is 1. The van der Waals surface area contributed by atoms with Crippen LogP contribution in [-0.4, -0.2) is 31.1 Å². The number of halogens is 1. The average molecular weight is 361 g/mol. The van der Waals surface area contributed by atoms with Crippen LogP contribution in [0.15, 0.2) is 9.85 Å². The molecule has 2 heterocycles. The number of carbonyl (C=O) groups excluding carboxylic acids is 2. The van der Waals surface area contributed by atoms with Gasteiger partial charge in [-0.25, -0.2) is 4.79 Å². The summed E-state index contributed by atoms with van der Waals surface area (Å²) >= 11 is 4.58. The average Bonchev–Trinajstić information content (AvgIpc) is 2.59. The minimum atomic E-state index is -0.676. The summed E-state index contributed by atoms with van der Waals surface area (Å²) in [6.07, 6.45) is 3.19. The molecule has 1 aromatic rings. The third-order valence-corrected chi connectivity index (χ3v) is 4.62. The third kappa shape index (κ3) is 4.19. The maximum Gasteiger partial charge on any atom is 0.317 e. The first-order valence-corrected chi connectivity index (χ1v) is 8.04. The number of thiophene rings is 1. The number of rotatable bonds is 3. The van der Waals surface area contributed by atoms with E-state index in [4.69, 9.17) is 5.73 Å². The number of primary amides is 1. The van der Waals surface area contributed by atoms with E-state index < -0.39 is 6.03 Å². The molecule has 1 aliphatic rings. The summed E-state index contributed by atoms with van der Waals surface area (Å²) in [4.78, 5) is 23.2. The minimum absolute atomic E-state index is 0.116. The minimum Gasteiger partial charge on any atom is -0.351 e. The number of amides is 3. The summed E-state index contributed by atoms with van der Waals surface area (Å²) in [5.74, 6) is -0.190. The van der Waals surface area contributed by atoms with Crippen molar-refractivity contribution in [3.05, 3.63) is 15.4 Å². The lowest BCUT2D eigenvalue weighted by molar-refractivity contribution is 0.0937. The highest BCUT2D eigenvalue weighted by molar-refractivity contribution is 9.11. The summed E-state index contributed by atoms with van der Waals surface area (Å²) < 4.78 is 0.769. The zero-order valence-electron chi connectivity index (χ0n) is 10.9. The van der Waals surface area contributed by atoms with E-state index >= 15 is 0 Å². The van der Waals surface area contributed by atoms with E-state index in [0.29, 0.717) is 10.6 Å². The van der Waals surface area contributed by atoms with Gasteiger partial charge in [0.2, 0.25) is 0 Å². The van der Waals surface area contributed by atoms with E-state index in [1.807, 2.05) is 0 Å². The molecular weight excluding hydrogens is 344 g/mol. The monoisotopic (exact) mass is 360 g/mol. The molecule has 110 valence electrons. The van der Waals surface area contributed by atoms with E-state index in [-0.39, 0.29) is 11.9 Å². The van der Waals surface area contributed by atoms with Gasteiger partial charge in [0.25, 0.3) is 5.91 Å². The SMILES string of the molecule is NC(=O)Nc1sc(Br)cc1C(=O)N[C@H]1CCCCNC1. The second kappa shape index (κ2) is 7.05. The summed E-state index contributed by atoms with van der Waals surface area (Å²) in [7, 11) is 0. The van der Waals surface area contributed by atoms with Gasteiger partial charge in [0.05, 0.1) is 9.35 Å². The van der Waals surface area contributed by atoms with Gasteiger partial charge in [-0.15, -0.1) is 11.3 Å². The van der Waals surface area contributed by atoms with Gasteiger partial charge >= 0.3 is 6.03 Å². The number of hydrogen-bond acceptors (Lipinski definition) is 4. The molecule has 6 nitrogen and oxygen atoms in total. The molecule has 0 aromatic carbocycles. The normalized spacial score (nSPS) is 19.1. The molecule has 20 heavy (non-hydrogen) atoms. The molecule has 1 saturated heterocycles. The molecule has 0 unspecified atom stereocenters. The van der Waals surface area contributed by atoms with Crippen molar-refractivity contribution in [3.63, 3.8) is 0 Å². The molecule has 0 bridgehead atoms. The molecule has 2 rings (SSSR count). The molecule has 8 heteroatoms. The van der Waals surface area contributed by atoms with Crippen molar-refractivity contribution < 1.29 is 9.59 Å². The van der Waals surface area contributed by atoms with E-state index in [9.17, 15) is 9.59 Å². The smallest absolute Gasteiger partial charge is 0.317 e. The fraction of sp³-hybridized carbons (Fsp3) is 0.500. The van der Waals surface area contributed by atoms with Crippen LogP contribution in [0.3, 0.4) is 0 Å². The van der Waals surface area contributed by atoms with Crippen LogP contribution >= 0.6 is 27.3 Å². The Morgan fingerprint density at radius 1 is 1.45 bits per heavy atom. The largest absolute Gasteiger partial charge is 0.351 e. The Labute approximate surface area is 129 Å². The molecular formula is C12H17BrN4O2S. The Hall–Kier alpha value is -1.12. The third-order valence-electron chi connectivity index (χ3n) is 3.07. The maximum absolute atomic E-state index is 12.3. The van der Waals surface area contributed by atoms with Gasteiger partial charge in [-0.2, -0.15) is 0 Å². The van der Waals surface area contributed by atoms with Crippen LogP contribution in [-0.2, 0) is 0 Å². The molecule has 0 aliphatic carbocycles. The van der Waals surface area contributed by atoms with Crippen molar-refractivity contribution in [2.45, 2.75) is 25.3 Å². The van der Waals surface area contributed by atoms with Gasteiger partial charge in [-0.1, -0.05) is 6.42 Å². The number of anilines is 1. The molecule has 1 atom stereocenters. The summed E-state index contributed by atoms with van der Waals surface area (Å²) in [6.45, 7) is 1.76. The number of nitrogens with one attached hydrogen (secondary N) is 3. The van der Waals surface area contributed by atoms with Crippen LogP contribution in [0.2, 0.25) is 0 Å². The van der Waals surface area contributed by atoms with Crippen molar-refractivity contribution in [2.24, 2.45) is 5.73 Å². The van der Waals surface area contributed by atoms with Crippen molar-refractivity contribution in [1.82, 2.24) is 10.6 Å². The van der Waals surface area contributed by atoms with Crippen molar-refractivity contribution in [2.75, 3.05) is 18.4 Å². The first kappa shape index (κ1) is 15.3. The Bertz CT molecular complexity index is 498. The first-order valence-electron chi connectivity index (χ1n) is 6.43. The molecule has 1 aliphatic heterocycles. The van der Waals surface area contributed by atoms with Gasteiger partial charge in [0.15, 0.2) is 0 Å². The second-order valence-electron chi connectivity index (χ2n) is 4.65. The lowest BCUT2D eigenvalue weighted by Crippen LogP contribution is -2.41. The topological polar surface area (TPSA) is 96.2 Å². The van der Waals surface area contributed by atoms with Gasteiger partial charge in [-0.05, 0) is 41.4 Å². The van der Waals surface area contributed by atoms with Crippen molar-refractivity contribution in [1.29, 1.82) is 0 Å². The van der Waals surface area contributed by atoms with E-state index in [0.717, 1.165) is 36.1 Å². The Balaban J connectivity index is 2.06. The standard InChI is InChI=1S/C12H17BrN4O2S/c13-9-5-8(11(20-9)17-12(14)19)10(18)16-7-3-1-2-4-15-6-7/h5,7,15H,1-4,6H2,(H,16,18)(H3,14,17,19)/t7-/m0/s1. The Kier molecular flexibility index (Phi) is 5.38. The van der Waals surface area contributed by atoms with Crippen LogP contribution in [0, 0.1) is 0 Å². The second-order valence-corrected chi connectivity index (χ2v) is 7.08. The van der Waals surface area contributed by atoms with Crippen LogP contribution in [0.25, 0.3) is 0 Å². The van der Waals surface area contributed by atoms with E-state index in [1.54, 1.807) is 6.07 Å². The van der Waals surface area contributed by atoms with Gasteiger partial charge in [0.1, 0.15) is 5.00 Å². The van der Waals surface area contributed by atoms with E-state index in [1.165, 1.54) is 11.3 Å². The summed E-state index contributed by atoms with van der Waals surface area (Å²) in [5, 5.41) is 9.23. The molecule has 5 N–H and O–H groups in total. The van der Waals surface area contributed by atoms with Crippen molar-refractivity contribution in [3.8, 4) is 0 Å². The molecule has 1 fully saturated rings. The van der Waals surface area contributed by atoms with E-state index in [2.05, 4.69) is 31.9 Å². The highest BCUT2D eigenvalue weighted by atomic mass is 79.9. The molecule has 0 saturated carbocycles. The quantitative estimate of drug-likeness (QED) is 0.662. The van der Waals surface area contributed by atoms with Crippen LogP contribution in [0.4, 0.5) is 9.80 Å². The fourth-order valence-corrected chi connectivity index (χ4v) is 3.64. The van der Waals surface area contributed by atoms with Gasteiger partial charge < -0.3 is 16.4 Å². The first-order chi connectivity index (χ1) is 9.56. The number of nitrogens with two attached hydrogens (primary N) is 1. The Morgan fingerprint density at radius 3 is 3.00 bits per heavy atom. The van der Waals surface area contributed by atoms with Crippen LogP contribution < -0.4 is 21.7 Å². The molecule has 3 amide bonds. The zero-order chi connectivity index (χ0) is 14.5. The lowest BCUT2D eigenvalue weighted by Gasteiger charge is -2.16. The molecule has 0 radical (unpaired) electrons. The Morgan fingerprint density at radius 2 is 2.25 bits per heavy atom. The number of hydrogen-bond donors (Lipinski definition) is 4. The van der Waals surface area contributed by atoms with Gasteiger partial charge in [-0.3, -0.25) is 10.1 Å².